The van der Waals surface area contributed by atoms with Gasteiger partial charge in [-0.1, -0.05) is 0 Å². The van der Waals surface area contributed by atoms with Crippen LogP contribution in [0.15, 0.2) is 58.2 Å². The predicted molar refractivity (Wildman–Crippen MR) is 89.8 cm³/mol. The largest absolute Gasteiger partial charge is 0.322 e. The number of nitrogens with one attached hydrogen (secondary N) is 2. The van der Waals surface area contributed by atoms with Crippen LogP contribution in [0.2, 0.25) is 0 Å². The van der Waals surface area contributed by atoms with E-state index in [0.29, 0.717) is 16.5 Å². The van der Waals surface area contributed by atoms with Gasteiger partial charge in [0, 0.05) is 12.1 Å². The number of sulfonamides is 1. The highest BCUT2D eigenvalue weighted by molar-refractivity contribution is 7.89. The molecule has 130 valence electrons. The lowest BCUT2D eigenvalue weighted by molar-refractivity contribution is 0.580. The Hall–Kier alpha value is -2.58. The Morgan fingerprint density at radius 3 is 2.36 bits per heavy atom. The van der Waals surface area contributed by atoms with Gasteiger partial charge in [-0.05, 0) is 60.3 Å². The fourth-order valence-electron chi connectivity index (χ4n) is 2.42. The maximum absolute atomic E-state index is 13.2. The number of benzene rings is 2. The number of aromatic nitrogens is 1. The molecule has 5 nitrogen and oxygen atoms in total. The summed E-state index contributed by atoms with van der Waals surface area (Å²) in [6, 6.07) is 10.1. The fourth-order valence-corrected chi connectivity index (χ4v) is 3.45. The van der Waals surface area contributed by atoms with Gasteiger partial charge in [0.15, 0.2) is 0 Å². The first-order chi connectivity index (χ1) is 11.8. The summed E-state index contributed by atoms with van der Waals surface area (Å²) in [5.41, 5.74) is 0.348. The Labute approximate surface area is 142 Å². The van der Waals surface area contributed by atoms with E-state index >= 15 is 0 Å². The topological polar surface area (TPSA) is 79.0 Å². The average molecular weight is 364 g/mol. The summed E-state index contributed by atoms with van der Waals surface area (Å²) in [5.74, 6) is -0.985. The van der Waals surface area contributed by atoms with Crippen molar-refractivity contribution >= 4 is 20.9 Å². The van der Waals surface area contributed by atoms with Gasteiger partial charge in [-0.25, -0.2) is 21.9 Å². The van der Waals surface area contributed by atoms with E-state index in [1.807, 2.05) is 0 Å². The van der Waals surface area contributed by atoms with E-state index in [1.165, 1.54) is 18.2 Å². The van der Waals surface area contributed by atoms with Crippen molar-refractivity contribution in [2.45, 2.75) is 11.3 Å². The van der Waals surface area contributed by atoms with Crippen molar-refractivity contribution in [3.8, 4) is 0 Å². The molecule has 2 N–H and O–H groups in total. The van der Waals surface area contributed by atoms with Gasteiger partial charge in [-0.3, -0.25) is 4.79 Å². The molecule has 0 radical (unpaired) electrons. The van der Waals surface area contributed by atoms with Crippen molar-refractivity contribution in [2.75, 3.05) is 6.54 Å². The number of H-pyrrole nitrogens is 1. The Morgan fingerprint density at radius 2 is 1.64 bits per heavy atom. The van der Waals surface area contributed by atoms with Gasteiger partial charge in [-0.15, -0.1) is 0 Å². The van der Waals surface area contributed by atoms with Crippen LogP contribution in [0.5, 0.6) is 0 Å². The number of hydrogen-bond donors (Lipinski definition) is 2. The van der Waals surface area contributed by atoms with Crippen LogP contribution >= 0.6 is 0 Å². The lowest BCUT2D eigenvalue weighted by atomic mass is 10.1. The molecule has 0 saturated carbocycles. The molecule has 0 amide bonds. The van der Waals surface area contributed by atoms with Crippen LogP contribution in [0.3, 0.4) is 0 Å². The molecule has 0 saturated heterocycles. The third-order valence-corrected chi connectivity index (χ3v) is 5.17. The second kappa shape index (κ2) is 6.73. The minimum Gasteiger partial charge on any atom is -0.322 e. The number of pyridine rings is 1. The van der Waals surface area contributed by atoms with E-state index in [2.05, 4.69) is 9.71 Å². The fraction of sp³-hybridized carbons (Fsp3) is 0.118. The number of aromatic amines is 1. The molecule has 8 heteroatoms. The molecule has 0 aliphatic rings. The van der Waals surface area contributed by atoms with E-state index in [1.54, 1.807) is 6.07 Å². The monoisotopic (exact) mass is 364 g/mol. The first-order valence-corrected chi connectivity index (χ1v) is 8.90. The van der Waals surface area contributed by atoms with E-state index in [4.69, 9.17) is 0 Å². The summed E-state index contributed by atoms with van der Waals surface area (Å²) in [5, 5.41) is 0.650. The number of hydrogen-bond acceptors (Lipinski definition) is 3. The zero-order chi connectivity index (χ0) is 18.0. The summed E-state index contributed by atoms with van der Waals surface area (Å²) in [7, 11) is -3.79. The van der Waals surface area contributed by atoms with Gasteiger partial charge in [0.1, 0.15) is 11.6 Å². The highest BCUT2D eigenvalue weighted by atomic mass is 32.2. The Bertz CT molecular complexity index is 1080. The molecule has 0 spiro atoms. The molecular formula is C17H14F2N2O3S. The Kier molecular flexibility index (Phi) is 4.65. The minimum atomic E-state index is -3.79. The highest BCUT2D eigenvalue weighted by Crippen LogP contribution is 2.13. The third kappa shape index (κ3) is 3.92. The Morgan fingerprint density at radius 1 is 0.960 bits per heavy atom. The maximum atomic E-state index is 13.2. The van der Waals surface area contributed by atoms with Crippen molar-refractivity contribution in [1.82, 2.24) is 9.71 Å². The molecule has 25 heavy (non-hydrogen) atoms. The summed E-state index contributed by atoms with van der Waals surface area (Å²) in [6.45, 7) is -0.00447. The standard InChI is InChI=1S/C17H14F2N2O3S/c18-13-3-5-15(6-4-13)25(23,24)20-8-7-12-9-11-1-2-14(19)10-16(11)21-17(12)22/h1-6,9-10,20H,7-8H2,(H,21,22). The molecule has 0 fully saturated rings. The van der Waals surface area contributed by atoms with Crippen molar-refractivity contribution in [2.24, 2.45) is 0 Å². The van der Waals surface area contributed by atoms with Gasteiger partial charge in [0.2, 0.25) is 10.0 Å². The minimum absolute atomic E-state index is 0.00447. The maximum Gasteiger partial charge on any atom is 0.251 e. The quantitative estimate of drug-likeness (QED) is 0.729. The summed E-state index contributed by atoms with van der Waals surface area (Å²) in [4.78, 5) is 14.5. The molecule has 3 rings (SSSR count). The van der Waals surface area contributed by atoms with Crippen molar-refractivity contribution in [3.63, 3.8) is 0 Å². The molecule has 0 unspecified atom stereocenters. The van der Waals surface area contributed by atoms with Crippen LogP contribution in [-0.4, -0.2) is 19.9 Å². The van der Waals surface area contributed by atoms with Crippen LogP contribution in [-0.2, 0) is 16.4 Å². The number of fused-ring (bicyclic) bond motifs is 1. The van der Waals surface area contributed by atoms with E-state index in [0.717, 1.165) is 24.3 Å². The molecule has 2 aromatic carbocycles. The van der Waals surface area contributed by atoms with E-state index in [9.17, 15) is 22.0 Å². The Balaban J connectivity index is 1.74. The normalized spacial score (nSPS) is 11.8. The average Bonchev–Trinajstić information content (AvgIpc) is 2.56. The van der Waals surface area contributed by atoms with Crippen LogP contribution < -0.4 is 10.3 Å². The molecule has 0 aliphatic carbocycles. The molecular weight excluding hydrogens is 350 g/mol. The predicted octanol–water partition coefficient (Wildman–Crippen LogP) is 2.33. The smallest absolute Gasteiger partial charge is 0.251 e. The van der Waals surface area contributed by atoms with Crippen LogP contribution in [0.1, 0.15) is 5.56 Å². The van der Waals surface area contributed by atoms with Crippen LogP contribution in [0, 0.1) is 11.6 Å². The summed E-state index contributed by atoms with van der Waals surface area (Å²) < 4.78 is 52.6. The van der Waals surface area contributed by atoms with Gasteiger partial charge in [0.05, 0.1) is 10.4 Å². The van der Waals surface area contributed by atoms with Crippen LogP contribution in [0.25, 0.3) is 10.9 Å². The lowest BCUT2D eigenvalue weighted by Crippen LogP contribution is -2.27. The van der Waals surface area contributed by atoms with Gasteiger partial charge >= 0.3 is 0 Å². The van der Waals surface area contributed by atoms with Crippen molar-refractivity contribution in [3.05, 3.63) is 76.1 Å². The van der Waals surface area contributed by atoms with E-state index < -0.39 is 27.2 Å². The highest BCUT2D eigenvalue weighted by Gasteiger charge is 2.14. The molecule has 0 bridgehead atoms. The molecule has 3 aromatic rings. The third-order valence-electron chi connectivity index (χ3n) is 3.70. The molecule has 0 atom stereocenters. The molecule has 1 heterocycles. The summed E-state index contributed by atoms with van der Waals surface area (Å²) in [6.07, 6.45) is 0.156. The zero-order valence-corrected chi connectivity index (χ0v) is 13.7. The SMILES string of the molecule is O=c1[nH]c2cc(F)ccc2cc1CCNS(=O)(=O)c1ccc(F)cc1. The van der Waals surface area contributed by atoms with Gasteiger partial charge in [0.25, 0.3) is 5.56 Å². The lowest BCUT2D eigenvalue weighted by Gasteiger charge is -2.07. The molecule has 0 aliphatic heterocycles. The zero-order valence-electron chi connectivity index (χ0n) is 12.9. The van der Waals surface area contributed by atoms with Crippen molar-refractivity contribution < 1.29 is 17.2 Å². The van der Waals surface area contributed by atoms with Gasteiger partial charge in [-0.2, -0.15) is 0 Å². The molecule has 1 aromatic heterocycles. The van der Waals surface area contributed by atoms with Crippen LogP contribution in [0.4, 0.5) is 8.78 Å². The van der Waals surface area contributed by atoms with Crippen molar-refractivity contribution in [1.29, 1.82) is 0 Å². The second-order valence-corrected chi connectivity index (χ2v) is 7.22. The first kappa shape index (κ1) is 17.2. The summed E-state index contributed by atoms with van der Waals surface area (Å²) >= 11 is 0. The number of halogens is 2. The second-order valence-electron chi connectivity index (χ2n) is 5.46. The van der Waals surface area contributed by atoms with Gasteiger partial charge < -0.3 is 4.98 Å². The van der Waals surface area contributed by atoms with E-state index in [-0.39, 0.29) is 17.9 Å². The number of rotatable bonds is 5. The first-order valence-electron chi connectivity index (χ1n) is 7.42.